The average Bonchev–Trinajstić information content (AvgIpc) is 3.23. The molecule has 1 aliphatic heterocycles. The Balaban J connectivity index is 1.97. The molecule has 0 radical (unpaired) electrons. The third-order valence-corrected chi connectivity index (χ3v) is 4.97. The van der Waals surface area contributed by atoms with Crippen LogP contribution in [0, 0.1) is 35.3 Å². The van der Waals surface area contributed by atoms with Gasteiger partial charge in [0.2, 0.25) is 0 Å². The van der Waals surface area contributed by atoms with Crippen LogP contribution in [0.5, 0.6) is 0 Å². The Kier molecular flexibility index (Phi) is 5.93. The molecule has 29 heavy (non-hydrogen) atoms. The van der Waals surface area contributed by atoms with Gasteiger partial charge in [-0.05, 0) is 56.0 Å². The fourth-order valence-electron chi connectivity index (χ4n) is 3.38. The van der Waals surface area contributed by atoms with Crippen LogP contribution >= 0.6 is 0 Å². The van der Waals surface area contributed by atoms with Crippen molar-refractivity contribution in [2.45, 2.75) is 26.7 Å². The van der Waals surface area contributed by atoms with Crippen molar-refractivity contribution in [3.05, 3.63) is 68.8 Å². The maximum Gasteiger partial charge on any atom is 0.270 e. The molecule has 2 aromatic rings. The van der Waals surface area contributed by atoms with E-state index in [4.69, 9.17) is 0 Å². The molecule has 0 unspecified atom stereocenters. The molecule has 2 aromatic carbocycles. The number of nitro benzene ring substituents is 1. The minimum atomic E-state index is -0.542. The van der Waals surface area contributed by atoms with Gasteiger partial charge in [-0.2, -0.15) is 5.26 Å². The van der Waals surface area contributed by atoms with Crippen LogP contribution in [-0.4, -0.2) is 23.9 Å². The zero-order chi connectivity index (χ0) is 21.0. The van der Waals surface area contributed by atoms with Crippen LogP contribution in [0.3, 0.4) is 0 Å². The number of hydrogen-bond donors (Lipinski definition) is 1. The first-order valence-corrected chi connectivity index (χ1v) is 9.43. The molecule has 1 heterocycles. The van der Waals surface area contributed by atoms with Gasteiger partial charge < -0.3 is 10.2 Å². The summed E-state index contributed by atoms with van der Waals surface area (Å²) in [6, 6.07) is 12.2. The van der Waals surface area contributed by atoms with Crippen LogP contribution in [0.1, 0.15) is 29.5 Å². The summed E-state index contributed by atoms with van der Waals surface area (Å²) in [6.45, 7) is 5.48. The number of anilines is 2. The van der Waals surface area contributed by atoms with E-state index in [-0.39, 0.29) is 11.3 Å². The molecule has 0 aromatic heterocycles. The lowest BCUT2D eigenvalue weighted by atomic mass is 10.1. The predicted octanol–water partition coefficient (Wildman–Crippen LogP) is 4.36. The molecule has 0 bridgehead atoms. The van der Waals surface area contributed by atoms with E-state index in [0.717, 1.165) is 42.7 Å². The molecule has 148 valence electrons. The number of aryl methyl sites for hydroxylation is 2. The number of nitro groups is 1. The third kappa shape index (κ3) is 4.61. The normalized spacial score (nSPS) is 13.8. The summed E-state index contributed by atoms with van der Waals surface area (Å²) in [5.41, 5.74) is 3.61. The number of nitriles is 1. The number of non-ortho nitro benzene ring substituents is 1. The van der Waals surface area contributed by atoms with Crippen LogP contribution in [0.4, 0.5) is 17.1 Å². The lowest BCUT2D eigenvalue weighted by Gasteiger charge is -2.20. The van der Waals surface area contributed by atoms with Crippen molar-refractivity contribution in [3.63, 3.8) is 0 Å². The molecule has 1 amide bonds. The predicted molar refractivity (Wildman–Crippen MR) is 113 cm³/mol. The Morgan fingerprint density at radius 3 is 2.59 bits per heavy atom. The quantitative estimate of drug-likeness (QED) is 0.354. The first kappa shape index (κ1) is 20.1. The second-order valence-electron chi connectivity index (χ2n) is 7.14. The molecule has 0 saturated carbocycles. The summed E-state index contributed by atoms with van der Waals surface area (Å²) in [4.78, 5) is 25.6. The standard InChI is InChI=1S/C22H22N4O3/c1-15-5-6-16(2)20(11-15)24-22(27)18(14-23)12-17-13-19(26(28)29)7-8-21(17)25-9-3-4-10-25/h5-8,11-13H,3-4,9-10H2,1-2H3,(H,24,27). The van der Waals surface area contributed by atoms with Crippen molar-refractivity contribution in [2.75, 3.05) is 23.3 Å². The summed E-state index contributed by atoms with van der Waals surface area (Å²) >= 11 is 0. The molecular formula is C22H22N4O3. The van der Waals surface area contributed by atoms with Crippen LogP contribution in [0.2, 0.25) is 0 Å². The molecule has 1 saturated heterocycles. The second kappa shape index (κ2) is 8.57. The molecule has 3 rings (SSSR count). The number of amides is 1. The van der Waals surface area contributed by atoms with Gasteiger partial charge in [0.15, 0.2) is 0 Å². The van der Waals surface area contributed by atoms with E-state index in [2.05, 4.69) is 10.2 Å². The van der Waals surface area contributed by atoms with Gasteiger partial charge in [-0.25, -0.2) is 0 Å². The van der Waals surface area contributed by atoms with Gasteiger partial charge in [-0.15, -0.1) is 0 Å². The number of carbonyl (C=O) groups is 1. The summed E-state index contributed by atoms with van der Waals surface area (Å²) in [5, 5.41) is 23.6. The minimum absolute atomic E-state index is 0.0774. The Bertz CT molecular complexity index is 1030. The van der Waals surface area contributed by atoms with Gasteiger partial charge >= 0.3 is 0 Å². The van der Waals surface area contributed by atoms with E-state index in [9.17, 15) is 20.2 Å². The van der Waals surface area contributed by atoms with E-state index in [1.165, 1.54) is 18.2 Å². The van der Waals surface area contributed by atoms with E-state index < -0.39 is 10.8 Å². The first-order chi connectivity index (χ1) is 13.9. The maximum absolute atomic E-state index is 12.7. The topological polar surface area (TPSA) is 99.3 Å². The average molecular weight is 390 g/mol. The highest BCUT2D eigenvalue weighted by atomic mass is 16.6. The molecule has 1 N–H and O–H groups in total. The lowest BCUT2D eigenvalue weighted by Crippen LogP contribution is -2.19. The highest BCUT2D eigenvalue weighted by molar-refractivity contribution is 6.10. The summed E-state index contributed by atoms with van der Waals surface area (Å²) in [5.74, 6) is -0.542. The zero-order valence-corrected chi connectivity index (χ0v) is 16.4. The van der Waals surface area contributed by atoms with Crippen molar-refractivity contribution < 1.29 is 9.72 Å². The number of nitrogens with one attached hydrogen (secondary N) is 1. The number of rotatable bonds is 5. The van der Waals surface area contributed by atoms with Crippen molar-refractivity contribution in [2.24, 2.45) is 0 Å². The minimum Gasteiger partial charge on any atom is -0.371 e. The van der Waals surface area contributed by atoms with Crippen LogP contribution in [0.25, 0.3) is 6.08 Å². The fourth-order valence-corrected chi connectivity index (χ4v) is 3.38. The summed E-state index contributed by atoms with van der Waals surface area (Å²) in [7, 11) is 0. The van der Waals surface area contributed by atoms with Gasteiger partial charge in [0.25, 0.3) is 11.6 Å². The number of benzene rings is 2. The van der Waals surface area contributed by atoms with E-state index in [1.54, 1.807) is 6.07 Å². The van der Waals surface area contributed by atoms with Gasteiger partial charge in [-0.3, -0.25) is 14.9 Å². The zero-order valence-electron chi connectivity index (χ0n) is 16.4. The highest BCUT2D eigenvalue weighted by Gasteiger charge is 2.19. The molecule has 1 aliphatic rings. The molecule has 0 atom stereocenters. The van der Waals surface area contributed by atoms with Gasteiger partial charge in [0.1, 0.15) is 11.6 Å². The van der Waals surface area contributed by atoms with Crippen LogP contribution in [-0.2, 0) is 4.79 Å². The molecule has 7 heteroatoms. The molecule has 1 fully saturated rings. The van der Waals surface area contributed by atoms with E-state index in [0.29, 0.717) is 11.3 Å². The van der Waals surface area contributed by atoms with Crippen molar-refractivity contribution in [1.29, 1.82) is 5.26 Å². The second-order valence-corrected chi connectivity index (χ2v) is 7.14. The Labute approximate surface area is 169 Å². The van der Waals surface area contributed by atoms with E-state index in [1.807, 2.05) is 38.1 Å². The van der Waals surface area contributed by atoms with E-state index >= 15 is 0 Å². The lowest BCUT2D eigenvalue weighted by molar-refractivity contribution is -0.384. The Morgan fingerprint density at radius 2 is 1.93 bits per heavy atom. The monoisotopic (exact) mass is 390 g/mol. The summed E-state index contributed by atoms with van der Waals surface area (Å²) < 4.78 is 0. The van der Waals surface area contributed by atoms with Crippen molar-refractivity contribution >= 4 is 29.0 Å². The number of nitrogens with zero attached hydrogens (tertiary/aromatic N) is 3. The molecule has 0 spiro atoms. The Hall–Kier alpha value is -3.66. The Morgan fingerprint density at radius 1 is 1.21 bits per heavy atom. The molecule has 7 nitrogen and oxygen atoms in total. The smallest absolute Gasteiger partial charge is 0.270 e. The maximum atomic E-state index is 12.7. The summed E-state index contributed by atoms with van der Waals surface area (Å²) in [6.07, 6.45) is 3.51. The fraction of sp³-hybridized carbons (Fsp3) is 0.273. The van der Waals surface area contributed by atoms with Gasteiger partial charge in [0.05, 0.1) is 4.92 Å². The van der Waals surface area contributed by atoms with Crippen LogP contribution in [0.15, 0.2) is 42.0 Å². The largest absolute Gasteiger partial charge is 0.371 e. The van der Waals surface area contributed by atoms with Crippen LogP contribution < -0.4 is 10.2 Å². The highest BCUT2D eigenvalue weighted by Crippen LogP contribution is 2.30. The third-order valence-electron chi connectivity index (χ3n) is 4.97. The molecular weight excluding hydrogens is 368 g/mol. The van der Waals surface area contributed by atoms with Crippen molar-refractivity contribution in [1.82, 2.24) is 0 Å². The number of carbonyl (C=O) groups excluding carboxylic acids is 1. The first-order valence-electron chi connectivity index (χ1n) is 9.43. The van der Waals surface area contributed by atoms with Gasteiger partial charge in [0, 0.05) is 42.2 Å². The van der Waals surface area contributed by atoms with Crippen molar-refractivity contribution in [3.8, 4) is 6.07 Å². The van der Waals surface area contributed by atoms with Gasteiger partial charge in [-0.1, -0.05) is 12.1 Å². The number of hydrogen-bond acceptors (Lipinski definition) is 5. The molecule has 0 aliphatic carbocycles. The SMILES string of the molecule is Cc1ccc(C)c(NC(=O)C(C#N)=Cc2cc([N+](=O)[O-])ccc2N2CCCC2)c1.